The largest absolute Gasteiger partial charge is 0.484 e. The molecule has 0 fully saturated rings. The molecule has 1 heterocycles. The molecule has 3 rings (SSSR count). The van der Waals surface area contributed by atoms with E-state index in [0.717, 1.165) is 16.9 Å². The molecule has 0 saturated carbocycles. The van der Waals surface area contributed by atoms with Gasteiger partial charge in [0.05, 0.1) is 18.8 Å². The van der Waals surface area contributed by atoms with Gasteiger partial charge in [-0.3, -0.25) is 4.79 Å². The Morgan fingerprint density at radius 2 is 2.08 bits per heavy atom. The number of fused-ring (bicyclic) bond motifs is 1. The van der Waals surface area contributed by atoms with E-state index in [1.807, 2.05) is 43.9 Å². The van der Waals surface area contributed by atoms with Crippen molar-refractivity contribution >= 4 is 34.6 Å². The summed E-state index contributed by atoms with van der Waals surface area (Å²) in [5.41, 5.74) is 8.64. The Morgan fingerprint density at radius 1 is 1.32 bits per heavy atom. The van der Waals surface area contributed by atoms with E-state index >= 15 is 0 Å². The fourth-order valence-electron chi connectivity index (χ4n) is 2.98. The highest BCUT2D eigenvalue weighted by Gasteiger charge is 2.32. The number of hydrogen-bond acceptors (Lipinski definition) is 4. The Kier molecular flexibility index (Phi) is 4.52. The number of nitrogens with zero attached hydrogens (tertiary/aromatic N) is 1. The third-order valence-electron chi connectivity index (χ3n) is 4.09. The van der Waals surface area contributed by atoms with Crippen LogP contribution in [0.4, 0.5) is 17.1 Å². The van der Waals surface area contributed by atoms with Gasteiger partial charge in [-0.25, -0.2) is 0 Å². The zero-order valence-electron chi connectivity index (χ0n) is 14.6. The van der Waals surface area contributed by atoms with Gasteiger partial charge in [-0.15, -0.1) is 0 Å². The van der Waals surface area contributed by atoms with E-state index < -0.39 is 5.60 Å². The maximum absolute atomic E-state index is 12.6. The van der Waals surface area contributed by atoms with E-state index in [-0.39, 0.29) is 12.5 Å². The summed E-state index contributed by atoms with van der Waals surface area (Å²) in [6.45, 7) is 6.74. The molecule has 1 aliphatic heterocycles. The zero-order valence-corrected chi connectivity index (χ0v) is 15.4. The fourth-order valence-corrected chi connectivity index (χ4v) is 3.15. The molecular weight excluding hydrogens is 338 g/mol. The number of nitrogen functional groups attached to an aromatic ring is 1. The summed E-state index contributed by atoms with van der Waals surface area (Å²) in [5.74, 6) is 0.592. The summed E-state index contributed by atoms with van der Waals surface area (Å²) in [7, 11) is 0. The fraction of sp³-hybridized carbons (Fsp3) is 0.316. The van der Waals surface area contributed by atoms with Gasteiger partial charge in [-0.1, -0.05) is 17.7 Å². The molecule has 0 spiro atoms. The van der Waals surface area contributed by atoms with Crippen LogP contribution in [-0.2, 0) is 4.79 Å². The molecule has 2 aromatic rings. The monoisotopic (exact) mass is 359 g/mol. The number of halogens is 1. The standard InChI is InChI=1S/C19H22ClN3O2/c1-12-4-5-13(20)8-15(12)22-18(24)10-23-11-19(2,3)25-17-9-14(21)6-7-16(17)23/h4-9H,10-11,21H2,1-3H3,(H,22,24). The SMILES string of the molecule is Cc1ccc(Cl)cc1NC(=O)CN1CC(C)(C)Oc2cc(N)ccc21. The van der Waals surface area contributed by atoms with Crippen molar-refractivity contribution in [3.63, 3.8) is 0 Å². The number of carbonyl (C=O) groups excluding carboxylic acids is 1. The summed E-state index contributed by atoms with van der Waals surface area (Å²) in [6, 6.07) is 10.9. The molecule has 5 nitrogen and oxygen atoms in total. The van der Waals surface area contributed by atoms with E-state index in [2.05, 4.69) is 5.32 Å². The third kappa shape index (κ3) is 3.99. The topological polar surface area (TPSA) is 67.6 Å². The second-order valence-corrected chi connectivity index (χ2v) is 7.39. The van der Waals surface area contributed by atoms with Crippen LogP contribution in [0.25, 0.3) is 0 Å². The van der Waals surface area contributed by atoms with Crippen LogP contribution in [-0.4, -0.2) is 24.6 Å². The molecular formula is C19H22ClN3O2. The molecule has 2 aromatic carbocycles. The van der Waals surface area contributed by atoms with E-state index in [1.54, 1.807) is 18.2 Å². The van der Waals surface area contributed by atoms with Crippen molar-refractivity contribution in [2.45, 2.75) is 26.4 Å². The van der Waals surface area contributed by atoms with Crippen LogP contribution in [0.3, 0.4) is 0 Å². The van der Waals surface area contributed by atoms with E-state index in [4.69, 9.17) is 22.1 Å². The molecule has 0 unspecified atom stereocenters. The van der Waals surface area contributed by atoms with Crippen LogP contribution in [0.2, 0.25) is 5.02 Å². The number of aryl methyl sites for hydroxylation is 1. The quantitative estimate of drug-likeness (QED) is 0.817. The van der Waals surface area contributed by atoms with Crippen LogP contribution >= 0.6 is 11.6 Å². The smallest absolute Gasteiger partial charge is 0.243 e. The van der Waals surface area contributed by atoms with Crippen molar-refractivity contribution < 1.29 is 9.53 Å². The molecule has 0 atom stereocenters. The first-order valence-corrected chi connectivity index (χ1v) is 8.51. The highest BCUT2D eigenvalue weighted by molar-refractivity contribution is 6.31. The third-order valence-corrected chi connectivity index (χ3v) is 4.33. The van der Waals surface area contributed by atoms with Gasteiger partial charge in [0.25, 0.3) is 0 Å². The first kappa shape index (κ1) is 17.4. The van der Waals surface area contributed by atoms with Gasteiger partial charge in [0.1, 0.15) is 11.4 Å². The molecule has 0 bridgehead atoms. The molecule has 132 valence electrons. The highest BCUT2D eigenvalue weighted by Crippen LogP contribution is 2.38. The average molecular weight is 360 g/mol. The van der Waals surface area contributed by atoms with Gasteiger partial charge in [-0.2, -0.15) is 0 Å². The summed E-state index contributed by atoms with van der Waals surface area (Å²) in [6.07, 6.45) is 0. The first-order valence-electron chi connectivity index (χ1n) is 8.13. The summed E-state index contributed by atoms with van der Waals surface area (Å²) >= 11 is 6.02. The maximum atomic E-state index is 12.6. The molecule has 0 radical (unpaired) electrons. The molecule has 1 amide bonds. The number of benzene rings is 2. The lowest BCUT2D eigenvalue weighted by atomic mass is 10.0. The van der Waals surface area contributed by atoms with Crippen LogP contribution in [0, 0.1) is 6.92 Å². The van der Waals surface area contributed by atoms with Crippen molar-refractivity contribution in [1.82, 2.24) is 0 Å². The number of rotatable bonds is 3. The van der Waals surface area contributed by atoms with E-state index in [1.165, 1.54) is 0 Å². The van der Waals surface area contributed by atoms with Gasteiger partial charge in [-0.05, 0) is 50.6 Å². The minimum Gasteiger partial charge on any atom is -0.484 e. The van der Waals surface area contributed by atoms with Gasteiger partial charge in [0.15, 0.2) is 0 Å². The molecule has 0 aliphatic carbocycles. The van der Waals surface area contributed by atoms with Crippen molar-refractivity contribution in [2.24, 2.45) is 0 Å². The lowest BCUT2D eigenvalue weighted by Crippen LogP contribution is -2.49. The van der Waals surface area contributed by atoms with Gasteiger partial charge in [0.2, 0.25) is 5.91 Å². The van der Waals surface area contributed by atoms with Crippen LogP contribution < -0.4 is 20.7 Å². The minimum atomic E-state index is -0.410. The Bertz CT molecular complexity index is 820. The van der Waals surface area contributed by atoms with E-state index in [0.29, 0.717) is 23.0 Å². The second kappa shape index (κ2) is 6.48. The molecule has 6 heteroatoms. The van der Waals surface area contributed by atoms with E-state index in [9.17, 15) is 4.79 Å². The van der Waals surface area contributed by atoms with Crippen molar-refractivity contribution in [3.05, 3.63) is 47.0 Å². The van der Waals surface area contributed by atoms with Crippen LogP contribution in [0.1, 0.15) is 19.4 Å². The average Bonchev–Trinajstić information content (AvgIpc) is 2.49. The number of carbonyl (C=O) groups is 1. The zero-order chi connectivity index (χ0) is 18.2. The number of nitrogens with two attached hydrogens (primary N) is 1. The van der Waals surface area contributed by atoms with Gasteiger partial charge in [0, 0.05) is 22.5 Å². The second-order valence-electron chi connectivity index (χ2n) is 6.95. The Hall–Kier alpha value is -2.40. The number of anilines is 3. The Balaban J connectivity index is 1.80. The lowest BCUT2D eigenvalue weighted by Gasteiger charge is -2.40. The van der Waals surface area contributed by atoms with Crippen molar-refractivity contribution in [2.75, 3.05) is 29.0 Å². The molecule has 0 saturated heterocycles. The number of nitrogens with one attached hydrogen (secondary N) is 1. The number of ether oxygens (including phenoxy) is 1. The Labute approximate surface area is 152 Å². The van der Waals surface area contributed by atoms with Crippen molar-refractivity contribution in [3.8, 4) is 5.75 Å². The van der Waals surface area contributed by atoms with Gasteiger partial charge >= 0.3 is 0 Å². The highest BCUT2D eigenvalue weighted by atomic mass is 35.5. The maximum Gasteiger partial charge on any atom is 0.243 e. The molecule has 25 heavy (non-hydrogen) atoms. The van der Waals surface area contributed by atoms with Crippen LogP contribution in [0.5, 0.6) is 5.75 Å². The summed E-state index contributed by atoms with van der Waals surface area (Å²) in [4.78, 5) is 14.6. The summed E-state index contributed by atoms with van der Waals surface area (Å²) in [5, 5.41) is 3.53. The normalized spacial score (nSPS) is 15.3. The number of amides is 1. The first-order chi connectivity index (χ1) is 11.7. The number of hydrogen-bond donors (Lipinski definition) is 2. The lowest BCUT2D eigenvalue weighted by molar-refractivity contribution is -0.115. The predicted octanol–water partition coefficient (Wildman–Crippen LogP) is 3.85. The predicted molar refractivity (Wildman–Crippen MR) is 103 cm³/mol. The molecule has 0 aromatic heterocycles. The molecule has 3 N–H and O–H groups in total. The minimum absolute atomic E-state index is 0.106. The van der Waals surface area contributed by atoms with Crippen molar-refractivity contribution in [1.29, 1.82) is 0 Å². The Morgan fingerprint density at radius 3 is 2.84 bits per heavy atom. The van der Waals surface area contributed by atoms with Gasteiger partial charge < -0.3 is 20.7 Å². The molecule has 1 aliphatic rings. The summed E-state index contributed by atoms with van der Waals surface area (Å²) < 4.78 is 5.99. The van der Waals surface area contributed by atoms with Crippen LogP contribution in [0.15, 0.2) is 36.4 Å².